The molecule has 0 saturated carbocycles. The molecule has 22 heavy (non-hydrogen) atoms. The second kappa shape index (κ2) is 7.13. The Morgan fingerprint density at radius 3 is 2.55 bits per heavy atom. The maximum absolute atomic E-state index is 11.9. The summed E-state index contributed by atoms with van der Waals surface area (Å²) in [5, 5.41) is 7.69. The molecule has 5 nitrogen and oxygen atoms in total. The van der Waals surface area contributed by atoms with Crippen molar-refractivity contribution in [3.05, 3.63) is 58.4 Å². The summed E-state index contributed by atoms with van der Waals surface area (Å²) in [7, 11) is 0. The fraction of sp³-hybridized carbons (Fsp3) is 0.250. The van der Waals surface area contributed by atoms with E-state index in [1.807, 2.05) is 26.0 Å². The second-order valence-electron chi connectivity index (χ2n) is 5.07. The lowest BCUT2D eigenvalue weighted by atomic mass is 10.1. The smallest absolute Gasteiger partial charge is 0.238 e. The molecule has 116 valence electrons. The Bertz CT molecular complexity index is 656. The molecule has 0 aliphatic carbocycles. The zero-order chi connectivity index (χ0) is 16.1. The van der Waals surface area contributed by atoms with E-state index >= 15 is 0 Å². The highest BCUT2D eigenvalue weighted by atomic mass is 35.5. The predicted molar refractivity (Wildman–Crippen MR) is 88.1 cm³/mol. The van der Waals surface area contributed by atoms with Crippen molar-refractivity contribution in [3.63, 3.8) is 0 Å². The van der Waals surface area contributed by atoms with Gasteiger partial charge in [-0.15, -0.1) is 0 Å². The van der Waals surface area contributed by atoms with Gasteiger partial charge >= 0.3 is 0 Å². The number of carbonyl (C=O) groups is 1. The minimum absolute atomic E-state index is 0.102. The van der Waals surface area contributed by atoms with Crippen LogP contribution in [-0.2, 0) is 11.2 Å². The molecule has 1 heterocycles. The van der Waals surface area contributed by atoms with Gasteiger partial charge in [-0.05, 0) is 43.5 Å². The van der Waals surface area contributed by atoms with Crippen molar-refractivity contribution in [2.24, 2.45) is 0 Å². The molecule has 6 heteroatoms. The fourth-order valence-corrected chi connectivity index (χ4v) is 2.24. The van der Waals surface area contributed by atoms with Gasteiger partial charge in [0.05, 0.1) is 11.4 Å². The van der Waals surface area contributed by atoms with E-state index in [9.17, 15) is 4.79 Å². The van der Waals surface area contributed by atoms with Gasteiger partial charge in [-0.3, -0.25) is 20.7 Å². The molecule has 1 aromatic heterocycles. The molecule has 0 radical (unpaired) electrons. The minimum atomic E-state index is -0.102. The topological polar surface area (TPSA) is 69.8 Å². The number of aryl methyl sites for hydroxylation is 2. The number of aromatic amines is 1. The maximum Gasteiger partial charge on any atom is 0.238 e. The van der Waals surface area contributed by atoms with Crippen molar-refractivity contribution >= 4 is 23.2 Å². The van der Waals surface area contributed by atoms with Crippen molar-refractivity contribution in [2.45, 2.75) is 26.7 Å². The van der Waals surface area contributed by atoms with E-state index in [2.05, 4.69) is 27.6 Å². The van der Waals surface area contributed by atoms with Gasteiger partial charge in [0.25, 0.3) is 0 Å². The third kappa shape index (κ3) is 4.11. The molecule has 3 N–H and O–H groups in total. The SMILES string of the molecule is C=C(NNC(=O)CCc1c(C)n[nH]c1C)c1ccc(Cl)cc1. The van der Waals surface area contributed by atoms with E-state index in [1.54, 1.807) is 12.1 Å². The van der Waals surface area contributed by atoms with Crippen LogP contribution in [0.5, 0.6) is 0 Å². The molecule has 0 aliphatic rings. The third-order valence-electron chi connectivity index (χ3n) is 3.43. The van der Waals surface area contributed by atoms with Crippen LogP contribution in [0, 0.1) is 13.8 Å². The zero-order valence-corrected chi connectivity index (χ0v) is 13.4. The van der Waals surface area contributed by atoms with Gasteiger partial charge in [0.1, 0.15) is 0 Å². The second-order valence-corrected chi connectivity index (χ2v) is 5.51. The molecular weight excluding hydrogens is 300 g/mol. The van der Waals surface area contributed by atoms with Gasteiger partial charge in [0.15, 0.2) is 0 Å². The van der Waals surface area contributed by atoms with E-state index in [1.165, 1.54) is 0 Å². The van der Waals surface area contributed by atoms with Gasteiger partial charge in [0.2, 0.25) is 5.91 Å². The number of halogens is 1. The van der Waals surface area contributed by atoms with Crippen molar-refractivity contribution in [2.75, 3.05) is 0 Å². The highest BCUT2D eigenvalue weighted by Gasteiger charge is 2.09. The van der Waals surface area contributed by atoms with Gasteiger partial charge in [0, 0.05) is 17.1 Å². The predicted octanol–water partition coefficient (Wildman–Crippen LogP) is 2.90. The molecule has 0 saturated heterocycles. The number of hydrogen-bond donors (Lipinski definition) is 3. The Kier molecular flexibility index (Phi) is 5.22. The molecule has 0 fully saturated rings. The fourth-order valence-electron chi connectivity index (χ4n) is 2.11. The Hall–Kier alpha value is -2.27. The third-order valence-corrected chi connectivity index (χ3v) is 3.68. The number of hydrogen-bond acceptors (Lipinski definition) is 3. The van der Waals surface area contributed by atoms with Crippen molar-refractivity contribution in [1.82, 2.24) is 21.0 Å². The number of benzene rings is 1. The Labute approximate surface area is 134 Å². The summed E-state index contributed by atoms with van der Waals surface area (Å²) in [5.41, 5.74) is 9.97. The first-order valence-corrected chi connectivity index (χ1v) is 7.35. The number of rotatable bonds is 6. The zero-order valence-electron chi connectivity index (χ0n) is 12.7. The number of nitrogens with one attached hydrogen (secondary N) is 3. The monoisotopic (exact) mass is 318 g/mol. The summed E-state index contributed by atoms with van der Waals surface area (Å²) in [5.74, 6) is -0.102. The van der Waals surface area contributed by atoms with Crippen LogP contribution in [0.15, 0.2) is 30.8 Å². The lowest BCUT2D eigenvalue weighted by Gasteiger charge is -2.11. The standard InChI is InChI=1S/C16H19ClN4O/c1-10(13-4-6-14(17)7-5-13)18-21-16(22)9-8-15-11(2)19-20-12(15)3/h4-7,18H,1,8-9H2,2-3H3,(H,19,20)(H,21,22). The van der Waals surface area contributed by atoms with Gasteiger partial charge in [-0.2, -0.15) is 5.10 Å². The van der Waals surface area contributed by atoms with Gasteiger partial charge < -0.3 is 0 Å². The summed E-state index contributed by atoms with van der Waals surface area (Å²) < 4.78 is 0. The Morgan fingerprint density at radius 1 is 1.27 bits per heavy atom. The van der Waals surface area contributed by atoms with Crippen LogP contribution in [0.25, 0.3) is 5.70 Å². The van der Waals surface area contributed by atoms with E-state index < -0.39 is 0 Å². The summed E-state index contributed by atoms with van der Waals surface area (Å²) in [6, 6.07) is 7.22. The van der Waals surface area contributed by atoms with Gasteiger partial charge in [-0.1, -0.05) is 30.3 Å². The first-order valence-electron chi connectivity index (χ1n) is 6.97. The quantitative estimate of drug-likeness (QED) is 0.717. The molecule has 2 rings (SSSR count). The number of hydrazine groups is 1. The highest BCUT2D eigenvalue weighted by molar-refractivity contribution is 6.30. The van der Waals surface area contributed by atoms with Gasteiger partial charge in [-0.25, -0.2) is 0 Å². The lowest BCUT2D eigenvalue weighted by Crippen LogP contribution is -2.36. The number of nitrogens with zero attached hydrogens (tertiary/aromatic N) is 1. The summed E-state index contributed by atoms with van der Waals surface area (Å²) >= 11 is 5.83. The van der Waals surface area contributed by atoms with E-state index in [-0.39, 0.29) is 5.91 Å². The lowest BCUT2D eigenvalue weighted by molar-refractivity contribution is -0.121. The molecular formula is C16H19ClN4O. The molecule has 0 spiro atoms. The van der Waals surface area contributed by atoms with E-state index in [0.717, 1.165) is 22.5 Å². The highest BCUT2D eigenvalue weighted by Crippen LogP contribution is 2.14. The average Bonchev–Trinajstić information content (AvgIpc) is 2.82. The largest absolute Gasteiger partial charge is 0.299 e. The van der Waals surface area contributed by atoms with Crippen molar-refractivity contribution in [3.8, 4) is 0 Å². The van der Waals surface area contributed by atoms with Crippen LogP contribution in [-0.4, -0.2) is 16.1 Å². The first kappa shape index (κ1) is 16.1. The Morgan fingerprint density at radius 2 is 1.95 bits per heavy atom. The van der Waals surface area contributed by atoms with Crippen molar-refractivity contribution < 1.29 is 4.79 Å². The summed E-state index contributed by atoms with van der Waals surface area (Å²) in [4.78, 5) is 11.9. The molecule has 0 unspecified atom stereocenters. The molecule has 0 bridgehead atoms. The molecule has 2 aromatic rings. The van der Waals surface area contributed by atoms with E-state index in [4.69, 9.17) is 11.6 Å². The van der Waals surface area contributed by atoms with Crippen LogP contribution < -0.4 is 10.9 Å². The summed E-state index contributed by atoms with van der Waals surface area (Å²) in [6.07, 6.45) is 1.03. The number of aromatic nitrogens is 2. The van der Waals surface area contributed by atoms with E-state index in [0.29, 0.717) is 23.6 Å². The number of amides is 1. The normalized spacial score (nSPS) is 10.3. The van der Waals surface area contributed by atoms with Crippen LogP contribution in [0.4, 0.5) is 0 Å². The first-order chi connectivity index (χ1) is 10.5. The van der Waals surface area contributed by atoms with Crippen LogP contribution in [0.3, 0.4) is 0 Å². The Balaban J connectivity index is 1.80. The average molecular weight is 319 g/mol. The number of carbonyl (C=O) groups excluding carboxylic acids is 1. The van der Waals surface area contributed by atoms with Crippen molar-refractivity contribution in [1.29, 1.82) is 0 Å². The minimum Gasteiger partial charge on any atom is -0.299 e. The summed E-state index contributed by atoms with van der Waals surface area (Å²) in [6.45, 7) is 7.76. The molecule has 1 amide bonds. The molecule has 0 atom stereocenters. The van der Waals surface area contributed by atoms with Crippen LogP contribution in [0.2, 0.25) is 5.02 Å². The number of H-pyrrole nitrogens is 1. The van der Waals surface area contributed by atoms with Crippen LogP contribution >= 0.6 is 11.6 Å². The van der Waals surface area contributed by atoms with Crippen LogP contribution in [0.1, 0.15) is 28.9 Å². The molecule has 1 aromatic carbocycles. The maximum atomic E-state index is 11.9. The molecule has 0 aliphatic heterocycles.